The number of fused-ring (bicyclic) bond motifs is 1. The number of amides is 2. The lowest BCUT2D eigenvalue weighted by Gasteiger charge is -2.16. The number of hydrogen-bond donors (Lipinski definition) is 2. The summed E-state index contributed by atoms with van der Waals surface area (Å²) in [6.45, 7) is 1.64. The smallest absolute Gasteiger partial charge is 0.315 e. The van der Waals surface area contributed by atoms with Gasteiger partial charge in [-0.25, -0.2) is 4.79 Å². The van der Waals surface area contributed by atoms with Gasteiger partial charge in [-0.2, -0.15) is 11.8 Å². The number of Topliss-reactive ketones (excluding diaryl/α,β-unsaturated/α-hetero) is 1. The molecule has 2 amide bonds. The van der Waals surface area contributed by atoms with Crippen LogP contribution in [0, 0.1) is 0 Å². The Kier molecular flexibility index (Phi) is 3.74. The number of urea groups is 1. The third-order valence-corrected chi connectivity index (χ3v) is 4.71. The summed E-state index contributed by atoms with van der Waals surface area (Å²) >= 11 is 1.93. The zero-order chi connectivity index (χ0) is 11.5. The topological polar surface area (TPSA) is 58.2 Å². The minimum Gasteiger partial charge on any atom is -0.332 e. The number of thioether (sulfide) groups is 1. The normalized spacial score (nSPS) is 32.1. The van der Waals surface area contributed by atoms with Gasteiger partial charge in [0.25, 0.3) is 0 Å². The van der Waals surface area contributed by atoms with Crippen molar-refractivity contribution in [2.24, 2.45) is 0 Å². The fourth-order valence-corrected chi connectivity index (χ4v) is 3.91. The highest BCUT2D eigenvalue weighted by atomic mass is 32.2. The standard InChI is InChI=1S/C11H18N2O2S/c1-7(14)4-2-3-5-9-10-8(6-16-9)12-11(15)13-10/h8-10H,2-6H2,1H3,(H2,12,13,15)/t8-,9?,10-/m0/s1. The Morgan fingerprint density at radius 2 is 2.25 bits per heavy atom. The molecule has 0 saturated carbocycles. The second kappa shape index (κ2) is 5.08. The van der Waals surface area contributed by atoms with Crippen LogP contribution in [0.25, 0.3) is 0 Å². The van der Waals surface area contributed by atoms with Crippen molar-refractivity contribution in [1.82, 2.24) is 10.6 Å². The molecule has 5 heteroatoms. The Labute approximate surface area is 99.9 Å². The van der Waals surface area contributed by atoms with Gasteiger partial charge < -0.3 is 15.4 Å². The average molecular weight is 242 g/mol. The summed E-state index contributed by atoms with van der Waals surface area (Å²) in [6.07, 6.45) is 3.85. The molecule has 0 aromatic heterocycles. The highest BCUT2D eigenvalue weighted by Gasteiger charge is 2.42. The Morgan fingerprint density at radius 3 is 3.00 bits per heavy atom. The van der Waals surface area contributed by atoms with E-state index in [1.165, 1.54) is 0 Å². The van der Waals surface area contributed by atoms with Crippen molar-refractivity contribution in [2.45, 2.75) is 49.9 Å². The van der Waals surface area contributed by atoms with Gasteiger partial charge in [0.2, 0.25) is 0 Å². The number of carbonyl (C=O) groups excluding carboxylic acids is 2. The zero-order valence-electron chi connectivity index (χ0n) is 9.49. The van der Waals surface area contributed by atoms with E-state index in [0.29, 0.717) is 23.8 Å². The Morgan fingerprint density at radius 1 is 1.44 bits per heavy atom. The van der Waals surface area contributed by atoms with Crippen LogP contribution in [0.5, 0.6) is 0 Å². The molecule has 2 heterocycles. The van der Waals surface area contributed by atoms with E-state index in [2.05, 4.69) is 10.6 Å². The molecule has 2 aliphatic heterocycles. The van der Waals surface area contributed by atoms with Crippen LogP contribution >= 0.6 is 11.8 Å². The molecule has 16 heavy (non-hydrogen) atoms. The van der Waals surface area contributed by atoms with E-state index >= 15 is 0 Å². The van der Waals surface area contributed by atoms with E-state index in [1.54, 1.807) is 6.92 Å². The summed E-state index contributed by atoms with van der Waals surface area (Å²) in [7, 11) is 0. The summed E-state index contributed by atoms with van der Waals surface area (Å²) in [5.41, 5.74) is 0. The lowest BCUT2D eigenvalue weighted by molar-refractivity contribution is -0.117. The second-order valence-corrected chi connectivity index (χ2v) is 5.84. The first-order valence-corrected chi connectivity index (χ1v) is 6.90. The molecule has 0 aromatic rings. The summed E-state index contributed by atoms with van der Waals surface area (Å²) in [4.78, 5) is 21.9. The molecule has 2 fully saturated rings. The quantitative estimate of drug-likeness (QED) is 0.564. The van der Waals surface area contributed by atoms with Crippen LogP contribution < -0.4 is 10.6 Å². The number of nitrogens with one attached hydrogen (secondary N) is 2. The van der Waals surface area contributed by atoms with Gasteiger partial charge in [0.05, 0.1) is 12.1 Å². The fraction of sp³-hybridized carbons (Fsp3) is 0.818. The molecule has 2 saturated heterocycles. The fourth-order valence-electron chi connectivity index (χ4n) is 2.36. The molecule has 1 unspecified atom stereocenters. The van der Waals surface area contributed by atoms with Crippen LogP contribution in [0.3, 0.4) is 0 Å². The van der Waals surface area contributed by atoms with E-state index < -0.39 is 0 Å². The van der Waals surface area contributed by atoms with Crippen LogP contribution in [0.4, 0.5) is 4.79 Å². The molecule has 2 rings (SSSR count). The second-order valence-electron chi connectivity index (χ2n) is 4.57. The van der Waals surface area contributed by atoms with E-state index in [1.807, 2.05) is 11.8 Å². The summed E-state index contributed by atoms with van der Waals surface area (Å²) < 4.78 is 0. The van der Waals surface area contributed by atoms with E-state index in [9.17, 15) is 9.59 Å². The third-order valence-electron chi connectivity index (χ3n) is 3.21. The van der Waals surface area contributed by atoms with E-state index in [-0.39, 0.29) is 11.8 Å². The minimum absolute atomic E-state index is 0.0240. The predicted octanol–water partition coefficient (Wildman–Crippen LogP) is 1.30. The van der Waals surface area contributed by atoms with Crippen LogP contribution in [-0.2, 0) is 4.79 Å². The minimum atomic E-state index is -0.0240. The SMILES string of the molecule is CC(=O)CCCCC1SC[C@@H]2NC(=O)N[C@H]12. The lowest BCUT2D eigenvalue weighted by Crippen LogP contribution is -2.36. The molecular formula is C11H18N2O2S. The molecule has 0 aromatic carbocycles. The van der Waals surface area contributed by atoms with Crippen LogP contribution in [0.2, 0.25) is 0 Å². The first-order valence-electron chi connectivity index (χ1n) is 5.85. The van der Waals surface area contributed by atoms with E-state index in [4.69, 9.17) is 0 Å². The summed E-state index contributed by atoms with van der Waals surface area (Å²) in [6, 6.07) is 0.592. The number of unbranched alkanes of at least 4 members (excludes halogenated alkanes) is 1. The molecule has 3 atom stereocenters. The summed E-state index contributed by atoms with van der Waals surface area (Å²) in [5, 5.41) is 6.43. The number of ketones is 1. The third kappa shape index (κ3) is 2.70. The Hall–Kier alpha value is -0.710. The van der Waals surface area contributed by atoms with Crippen molar-refractivity contribution in [3.63, 3.8) is 0 Å². The van der Waals surface area contributed by atoms with Crippen LogP contribution in [-0.4, -0.2) is 34.9 Å². The maximum Gasteiger partial charge on any atom is 0.315 e. The zero-order valence-corrected chi connectivity index (χ0v) is 10.3. The lowest BCUT2D eigenvalue weighted by atomic mass is 10.0. The Balaban J connectivity index is 1.70. The van der Waals surface area contributed by atoms with Crippen molar-refractivity contribution < 1.29 is 9.59 Å². The average Bonchev–Trinajstić information content (AvgIpc) is 2.72. The first kappa shape index (κ1) is 11.8. The first-order chi connectivity index (χ1) is 7.66. The molecule has 2 aliphatic rings. The summed E-state index contributed by atoms with van der Waals surface area (Å²) in [5.74, 6) is 1.29. The highest BCUT2D eigenvalue weighted by molar-refractivity contribution is 8.00. The highest BCUT2D eigenvalue weighted by Crippen LogP contribution is 2.33. The predicted molar refractivity (Wildman–Crippen MR) is 64.6 cm³/mol. The van der Waals surface area contributed by atoms with Gasteiger partial charge in [-0.05, 0) is 19.8 Å². The van der Waals surface area contributed by atoms with Crippen LogP contribution in [0.15, 0.2) is 0 Å². The maximum atomic E-state index is 11.1. The molecule has 0 bridgehead atoms. The van der Waals surface area contributed by atoms with Crippen molar-refractivity contribution in [2.75, 3.05) is 5.75 Å². The van der Waals surface area contributed by atoms with Crippen molar-refractivity contribution >= 4 is 23.6 Å². The van der Waals surface area contributed by atoms with Crippen molar-refractivity contribution in [1.29, 1.82) is 0 Å². The van der Waals surface area contributed by atoms with Crippen molar-refractivity contribution in [3.05, 3.63) is 0 Å². The van der Waals surface area contributed by atoms with Gasteiger partial charge >= 0.3 is 6.03 Å². The molecule has 4 nitrogen and oxygen atoms in total. The number of rotatable bonds is 5. The largest absolute Gasteiger partial charge is 0.332 e. The van der Waals surface area contributed by atoms with E-state index in [0.717, 1.165) is 25.0 Å². The van der Waals surface area contributed by atoms with Gasteiger partial charge in [-0.3, -0.25) is 0 Å². The molecule has 2 N–H and O–H groups in total. The molecule has 0 radical (unpaired) electrons. The maximum absolute atomic E-state index is 11.1. The molecule has 0 spiro atoms. The van der Waals surface area contributed by atoms with Gasteiger partial charge in [-0.1, -0.05) is 6.42 Å². The number of hydrogen-bond acceptors (Lipinski definition) is 3. The molecule has 90 valence electrons. The van der Waals surface area contributed by atoms with Gasteiger partial charge in [-0.15, -0.1) is 0 Å². The van der Waals surface area contributed by atoms with Crippen LogP contribution in [0.1, 0.15) is 32.6 Å². The van der Waals surface area contributed by atoms with Gasteiger partial charge in [0, 0.05) is 17.4 Å². The number of carbonyl (C=O) groups is 2. The van der Waals surface area contributed by atoms with Gasteiger partial charge in [0.1, 0.15) is 5.78 Å². The molecular weight excluding hydrogens is 224 g/mol. The van der Waals surface area contributed by atoms with Crippen molar-refractivity contribution in [3.8, 4) is 0 Å². The van der Waals surface area contributed by atoms with Gasteiger partial charge in [0.15, 0.2) is 0 Å². The Bertz CT molecular complexity index is 296. The molecule has 0 aliphatic carbocycles. The monoisotopic (exact) mass is 242 g/mol.